The molecule has 16 heavy (non-hydrogen) atoms. The van der Waals surface area contributed by atoms with E-state index in [1.54, 1.807) is 0 Å². The molecule has 0 saturated carbocycles. The van der Waals surface area contributed by atoms with Crippen LogP contribution in [0.3, 0.4) is 0 Å². The molecule has 0 aromatic carbocycles. The molecule has 0 amide bonds. The van der Waals surface area contributed by atoms with Gasteiger partial charge >= 0.3 is 0 Å². The van der Waals surface area contributed by atoms with Gasteiger partial charge in [-0.2, -0.15) is 0 Å². The monoisotopic (exact) mass is 221 g/mol. The molecule has 93 valence electrons. The number of rotatable bonds is 11. The largest absolute Gasteiger partial charge is 0.0885 e. The maximum absolute atomic E-state index is 3.78. The first-order chi connectivity index (χ1) is 7.91. The molecule has 0 aromatic heterocycles. The Morgan fingerprint density at radius 3 is 1.69 bits per heavy atom. The van der Waals surface area contributed by atoms with Crippen molar-refractivity contribution in [3.63, 3.8) is 0 Å². The van der Waals surface area contributed by atoms with Crippen LogP contribution in [0.5, 0.6) is 0 Å². The van der Waals surface area contributed by atoms with Gasteiger partial charge in [-0.1, -0.05) is 50.5 Å². The highest BCUT2D eigenvalue weighted by Gasteiger charge is 1.85. The number of allylic oxidation sites excluding steroid dienone is 4. The first kappa shape index (κ1) is 15.5. The lowest BCUT2D eigenvalue weighted by Crippen LogP contribution is -1.75. The van der Waals surface area contributed by atoms with E-state index in [1.807, 2.05) is 0 Å². The zero-order valence-corrected chi connectivity index (χ0v) is 11.1. The minimum atomic E-state index is 0.928. The Morgan fingerprint density at radius 1 is 0.688 bits per heavy atom. The van der Waals surface area contributed by atoms with Gasteiger partial charge in [0.15, 0.2) is 0 Å². The Morgan fingerprint density at radius 2 is 1.19 bits per heavy atom. The number of hydrogen-bond acceptors (Lipinski definition) is 0. The third kappa shape index (κ3) is 13.5. The second-order valence-electron chi connectivity index (χ2n) is 4.37. The molecule has 0 heteroatoms. The highest BCUT2D eigenvalue weighted by Crippen LogP contribution is 2.05. The maximum Gasteiger partial charge on any atom is -0.0351 e. The van der Waals surface area contributed by atoms with Crippen LogP contribution in [-0.2, 0) is 0 Å². The zero-order chi connectivity index (χ0) is 11.9. The minimum Gasteiger partial charge on any atom is -0.0885 e. The smallest absolute Gasteiger partial charge is 0.0351 e. The van der Waals surface area contributed by atoms with Gasteiger partial charge in [-0.25, -0.2) is 0 Å². The normalized spacial score (nSPS) is 11.9. The van der Waals surface area contributed by atoms with Crippen LogP contribution in [0.4, 0.5) is 0 Å². The highest BCUT2D eigenvalue weighted by molar-refractivity contribution is 4.84. The molecule has 0 aliphatic carbocycles. The molecular weight excluding hydrogens is 192 g/mol. The van der Waals surface area contributed by atoms with E-state index >= 15 is 0 Å². The summed E-state index contributed by atoms with van der Waals surface area (Å²) in [7, 11) is 0. The molecule has 0 spiro atoms. The Kier molecular flexibility index (Phi) is 14.0. The summed E-state index contributed by atoms with van der Waals surface area (Å²) >= 11 is 0. The topological polar surface area (TPSA) is 0 Å². The highest BCUT2D eigenvalue weighted by atomic mass is 13.9. The second kappa shape index (κ2) is 14.5. The summed E-state index contributed by atoms with van der Waals surface area (Å²) in [5, 5.41) is 0. The summed E-state index contributed by atoms with van der Waals surface area (Å²) in [5.74, 6) is 0. The van der Waals surface area contributed by atoms with E-state index in [4.69, 9.17) is 0 Å². The van der Waals surface area contributed by atoms with Gasteiger partial charge in [0, 0.05) is 0 Å². The molecule has 0 rings (SSSR count). The lowest BCUT2D eigenvalue weighted by Gasteiger charge is -1.95. The standard InChI is InChI=1S/C16H29/c1-3-5-7-9-11-13-15-16-14-12-10-8-6-4-2/h5,7,14,16H,1,3-4,6,8-13,15H2,2H3. The molecule has 0 N–H and O–H groups in total. The molecular formula is C16H29. The Balaban J connectivity index is 3.06. The predicted octanol–water partition coefficient (Wildman–Crippen LogP) is 5.85. The fraction of sp³-hybridized carbons (Fsp3) is 0.688. The molecule has 0 aromatic rings. The molecule has 0 aliphatic rings. The van der Waals surface area contributed by atoms with E-state index in [0.717, 1.165) is 6.42 Å². The lowest BCUT2D eigenvalue weighted by molar-refractivity contribution is 0.673. The van der Waals surface area contributed by atoms with Crippen molar-refractivity contribution in [2.75, 3.05) is 0 Å². The van der Waals surface area contributed by atoms with Crippen LogP contribution in [0, 0.1) is 6.92 Å². The lowest BCUT2D eigenvalue weighted by atomic mass is 10.1. The van der Waals surface area contributed by atoms with Crippen molar-refractivity contribution >= 4 is 0 Å². The Hall–Kier alpha value is -0.520. The van der Waals surface area contributed by atoms with Gasteiger partial charge in [-0.15, -0.1) is 0 Å². The zero-order valence-electron chi connectivity index (χ0n) is 11.1. The Bertz CT molecular complexity index is 165. The van der Waals surface area contributed by atoms with Crippen molar-refractivity contribution in [3.8, 4) is 0 Å². The molecule has 0 aliphatic heterocycles. The van der Waals surface area contributed by atoms with Crippen LogP contribution in [-0.4, -0.2) is 0 Å². The van der Waals surface area contributed by atoms with E-state index < -0.39 is 0 Å². The third-order valence-corrected chi connectivity index (χ3v) is 2.72. The van der Waals surface area contributed by atoms with E-state index in [-0.39, 0.29) is 0 Å². The molecule has 0 fully saturated rings. The van der Waals surface area contributed by atoms with Crippen LogP contribution in [0.1, 0.15) is 71.1 Å². The van der Waals surface area contributed by atoms with Gasteiger partial charge in [-0.05, 0) is 51.9 Å². The van der Waals surface area contributed by atoms with Gasteiger partial charge in [-0.3, -0.25) is 0 Å². The minimum absolute atomic E-state index is 0.928. The predicted molar refractivity (Wildman–Crippen MR) is 75.5 cm³/mol. The average Bonchev–Trinajstić information content (AvgIpc) is 2.31. The molecule has 0 heterocycles. The van der Waals surface area contributed by atoms with Crippen molar-refractivity contribution in [1.82, 2.24) is 0 Å². The van der Waals surface area contributed by atoms with Gasteiger partial charge in [0.1, 0.15) is 0 Å². The van der Waals surface area contributed by atoms with Gasteiger partial charge in [0.25, 0.3) is 0 Å². The van der Waals surface area contributed by atoms with Crippen molar-refractivity contribution in [1.29, 1.82) is 0 Å². The fourth-order valence-electron chi connectivity index (χ4n) is 1.68. The summed E-state index contributed by atoms with van der Waals surface area (Å²) in [5.41, 5.74) is 0. The summed E-state index contributed by atoms with van der Waals surface area (Å²) < 4.78 is 0. The van der Waals surface area contributed by atoms with E-state index in [1.165, 1.54) is 57.8 Å². The second-order valence-corrected chi connectivity index (χ2v) is 4.37. The van der Waals surface area contributed by atoms with Crippen molar-refractivity contribution in [3.05, 3.63) is 31.2 Å². The van der Waals surface area contributed by atoms with Crippen molar-refractivity contribution in [2.45, 2.75) is 71.1 Å². The fourth-order valence-corrected chi connectivity index (χ4v) is 1.68. The molecule has 0 unspecified atom stereocenters. The van der Waals surface area contributed by atoms with Crippen LogP contribution < -0.4 is 0 Å². The summed E-state index contributed by atoms with van der Waals surface area (Å²) in [4.78, 5) is 0. The summed E-state index contributed by atoms with van der Waals surface area (Å²) in [6.07, 6.45) is 22.0. The van der Waals surface area contributed by atoms with E-state index in [2.05, 4.69) is 38.2 Å². The van der Waals surface area contributed by atoms with Crippen LogP contribution >= 0.6 is 0 Å². The molecule has 0 atom stereocenters. The van der Waals surface area contributed by atoms with Gasteiger partial charge < -0.3 is 0 Å². The van der Waals surface area contributed by atoms with Crippen LogP contribution in [0.2, 0.25) is 0 Å². The van der Waals surface area contributed by atoms with E-state index in [9.17, 15) is 0 Å². The summed E-state index contributed by atoms with van der Waals surface area (Å²) in [6.45, 7) is 6.04. The maximum atomic E-state index is 3.78. The summed E-state index contributed by atoms with van der Waals surface area (Å²) in [6, 6.07) is 0. The van der Waals surface area contributed by atoms with Gasteiger partial charge in [0.05, 0.1) is 0 Å². The molecule has 1 radical (unpaired) electrons. The van der Waals surface area contributed by atoms with E-state index in [0.29, 0.717) is 0 Å². The first-order valence-electron chi connectivity index (χ1n) is 7.01. The molecule has 0 saturated heterocycles. The SMILES string of the molecule is [CH2]CC=CCCCCC=CCCCCCC. The van der Waals surface area contributed by atoms with Gasteiger partial charge in [0.2, 0.25) is 0 Å². The first-order valence-corrected chi connectivity index (χ1v) is 7.01. The Labute approximate surface area is 103 Å². The third-order valence-electron chi connectivity index (χ3n) is 2.72. The van der Waals surface area contributed by atoms with Crippen molar-refractivity contribution < 1.29 is 0 Å². The van der Waals surface area contributed by atoms with Crippen LogP contribution in [0.15, 0.2) is 24.3 Å². The molecule has 0 nitrogen and oxygen atoms in total. The van der Waals surface area contributed by atoms with Crippen LogP contribution in [0.25, 0.3) is 0 Å². The number of unbranched alkanes of at least 4 members (excludes halogenated alkanes) is 7. The van der Waals surface area contributed by atoms with Crippen molar-refractivity contribution in [2.24, 2.45) is 0 Å². The quantitative estimate of drug-likeness (QED) is 0.303. The number of hydrogen-bond donors (Lipinski definition) is 0. The average molecular weight is 221 g/mol. The molecule has 0 bridgehead atoms.